The predicted molar refractivity (Wildman–Crippen MR) is 64.2 cm³/mol. The molecular weight excluding hydrogens is 218 g/mol. The van der Waals surface area contributed by atoms with E-state index in [9.17, 15) is 4.79 Å². The van der Waals surface area contributed by atoms with Gasteiger partial charge in [-0.25, -0.2) is 4.79 Å². The average Bonchev–Trinajstić information content (AvgIpc) is 3.13. The van der Waals surface area contributed by atoms with Crippen LogP contribution in [0.25, 0.3) is 0 Å². The minimum atomic E-state index is -1.03. The van der Waals surface area contributed by atoms with Gasteiger partial charge in [0, 0.05) is 13.1 Å². The Bertz CT molecular complexity index is 387. The highest BCUT2D eigenvalue weighted by Gasteiger charge is 2.24. The topological polar surface area (TPSA) is 66.3 Å². The molecule has 0 saturated heterocycles. The fraction of sp³-hybridized carbons (Fsp3) is 0.583. The van der Waals surface area contributed by atoms with Crippen molar-refractivity contribution in [2.45, 2.75) is 26.2 Å². The molecule has 0 atom stereocenters. The largest absolute Gasteiger partial charge is 0.476 e. The summed E-state index contributed by atoms with van der Waals surface area (Å²) in [7, 11) is 0. The normalized spacial score (nSPS) is 14.6. The zero-order valence-corrected chi connectivity index (χ0v) is 9.96. The third-order valence-corrected chi connectivity index (χ3v) is 2.86. The lowest BCUT2D eigenvalue weighted by Crippen LogP contribution is -2.27. The molecule has 0 bridgehead atoms. The number of carboxylic acids is 1. The molecule has 5 nitrogen and oxygen atoms in total. The zero-order valence-electron chi connectivity index (χ0n) is 9.96. The molecule has 17 heavy (non-hydrogen) atoms. The van der Waals surface area contributed by atoms with Gasteiger partial charge in [0.05, 0.1) is 0 Å². The van der Waals surface area contributed by atoms with Crippen LogP contribution in [0.5, 0.6) is 0 Å². The Morgan fingerprint density at radius 2 is 2.24 bits per heavy atom. The van der Waals surface area contributed by atoms with Crippen LogP contribution in [0.3, 0.4) is 0 Å². The van der Waals surface area contributed by atoms with Gasteiger partial charge in [-0.3, -0.25) is 0 Å². The lowest BCUT2D eigenvalue weighted by atomic mass is 10.3. The molecule has 1 aromatic heterocycles. The summed E-state index contributed by atoms with van der Waals surface area (Å²) in [5.74, 6) is 0.527. The first-order valence-corrected chi connectivity index (χ1v) is 6.02. The quantitative estimate of drug-likeness (QED) is 0.814. The van der Waals surface area contributed by atoms with Crippen molar-refractivity contribution in [1.29, 1.82) is 0 Å². The van der Waals surface area contributed by atoms with Gasteiger partial charge in [-0.1, -0.05) is 6.92 Å². The second-order valence-corrected chi connectivity index (χ2v) is 4.47. The molecule has 1 N–H and O–H groups in total. The van der Waals surface area contributed by atoms with E-state index in [2.05, 4.69) is 22.0 Å². The molecule has 92 valence electrons. The van der Waals surface area contributed by atoms with E-state index >= 15 is 0 Å². The Kier molecular flexibility index (Phi) is 3.56. The maximum atomic E-state index is 10.7. The van der Waals surface area contributed by atoms with Gasteiger partial charge in [-0.05, 0) is 37.3 Å². The van der Waals surface area contributed by atoms with Crippen LogP contribution >= 0.6 is 0 Å². The first kappa shape index (κ1) is 11.8. The number of carboxylic acid groups (broad SMARTS) is 1. The Labute approximate surface area is 100 Å². The molecule has 2 rings (SSSR count). The van der Waals surface area contributed by atoms with Crippen molar-refractivity contribution in [3.63, 3.8) is 0 Å². The van der Waals surface area contributed by atoms with E-state index in [1.807, 2.05) is 0 Å². The summed E-state index contributed by atoms with van der Waals surface area (Å²) in [6.07, 6.45) is 3.64. The zero-order chi connectivity index (χ0) is 12.3. The van der Waals surface area contributed by atoms with Gasteiger partial charge in [0.15, 0.2) is 11.5 Å². The minimum absolute atomic E-state index is 0.00313. The van der Waals surface area contributed by atoms with Crippen LogP contribution in [0, 0.1) is 5.92 Å². The number of carbonyl (C=O) groups is 1. The second kappa shape index (κ2) is 5.12. The van der Waals surface area contributed by atoms with Gasteiger partial charge in [0.25, 0.3) is 0 Å². The summed E-state index contributed by atoms with van der Waals surface area (Å²) < 4.78 is 0. The number of hydrogen-bond acceptors (Lipinski definition) is 4. The predicted octanol–water partition coefficient (Wildman–Crippen LogP) is 1.80. The average molecular weight is 235 g/mol. The summed E-state index contributed by atoms with van der Waals surface area (Å²) in [5, 5.41) is 16.5. The van der Waals surface area contributed by atoms with Crippen LogP contribution in [0.1, 0.15) is 36.7 Å². The van der Waals surface area contributed by atoms with Crippen molar-refractivity contribution in [1.82, 2.24) is 10.2 Å². The first-order chi connectivity index (χ1) is 8.20. The maximum Gasteiger partial charge on any atom is 0.356 e. The molecule has 0 unspecified atom stereocenters. The van der Waals surface area contributed by atoms with Crippen molar-refractivity contribution < 1.29 is 9.90 Å². The highest BCUT2D eigenvalue weighted by Crippen LogP contribution is 2.30. The molecule has 0 amide bonds. The van der Waals surface area contributed by atoms with Crippen molar-refractivity contribution in [3.05, 3.63) is 17.8 Å². The Balaban J connectivity index is 2.08. The number of nitrogens with zero attached hydrogens (tertiary/aromatic N) is 3. The van der Waals surface area contributed by atoms with E-state index in [4.69, 9.17) is 5.11 Å². The molecule has 1 aliphatic rings. The van der Waals surface area contributed by atoms with Crippen molar-refractivity contribution >= 4 is 11.8 Å². The van der Waals surface area contributed by atoms with Gasteiger partial charge >= 0.3 is 5.97 Å². The number of aromatic nitrogens is 2. The molecule has 1 saturated carbocycles. The molecule has 0 radical (unpaired) electrons. The monoisotopic (exact) mass is 235 g/mol. The van der Waals surface area contributed by atoms with Crippen molar-refractivity contribution in [2.75, 3.05) is 18.0 Å². The summed E-state index contributed by atoms with van der Waals surface area (Å²) in [6, 6.07) is 3.26. The lowest BCUT2D eigenvalue weighted by molar-refractivity contribution is 0.0689. The second-order valence-electron chi connectivity index (χ2n) is 4.47. The molecule has 1 heterocycles. The van der Waals surface area contributed by atoms with Gasteiger partial charge < -0.3 is 10.0 Å². The van der Waals surface area contributed by atoms with Crippen LogP contribution in [-0.2, 0) is 0 Å². The van der Waals surface area contributed by atoms with Crippen LogP contribution in [0.4, 0.5) is 5.82 Å². The molecule has 1 aromatic rings. The fourth-order valence-electron chi connectivity index (χ4n) is 1.79. The molecule has 1 fully saturated rings. The van der Waals surface area contributed by atoms with E-state index in [1.165, 1.54) is 18.9 Å². The molecule has 1 aliphatic carbocycles. The minimum Gasteiger partial charge on any atom is -0.476 e. The molecule has 0 aliphatic heterocycles. The van der Waals surface area contributed by atoms with Gasteiger partial charge in [0.1, 0.15) is 0 Å². The lowest BCUT2D eigenvalue weighted by Gasteiger charge is -2.22. The van der Waals surface area contributed by atoms with E-state index in [-0.39, 0.29) is 5.69 Å². The fourth-order valence-corrected chi connectivity index (χ4v) is 1.79. The van der Waals surface area contributed by atoms with E-state index in [0.717, 1.165) is 31.2 Å². The van der Waals surface area contributed by atoms with Crippen LogP contribution in [0.2, 0.25) is 0 Å². The number of aromatic carboxylic acids is 1. The van der Waals surface area contributed by atoms with Gasteiger partial charge in [0.2, 0.25) is 0 Å². The third-order valence-electron chi connectivity index (χ3n) is 2.86. The Morgan fingerprint density at radius 1 is 1.47 bits per heavy atom. The Hall–Kier alpha value is -1.65. The molecule has 0 aromatic carbocycles. The van der Waals surface area contributed by atoms with Crippen LogP contribution in [-0.4, -0.2) is 34.4 Å². The van der Waals surface area contributed by atoms with Crippen LogP contribution < -0.4 is 4.90 Å². The van der Waals surface area contributed by atoms with E-state index in [1.54, 1.807) is 6.07 Å². The number of rotatable bonds is 6. The van der Waals surface area contributed by atoms with Crippen molar-refractivity contribution in [2.24, 2.45) is 5.92 Å². The number of hydrogen-bond donors (Lipinski definition) is 1. The van der Waals surface area contributed by atoms with Gasteiger partial charge in [-0.2, -0.15) is 0 Å². The summed E-state index contributed by atoms with van der Waals surface area (Å²) in [5.41, 5.74) is -0.00313. The smallest absolute Gasteiger partial charge is 0.356 e. The standard InChI is InChI=1S/C12H17N3O2/c1-2-7-15(8-9-3-4-9)11-6-5-10(12(16)17)13-14-11/h5-6,9H,2-4,7-8H2,1H3,(H,16,17). The van der Waals surface area contributed by atoms with E-state index in [0.29, 0.717) is 0 Å². The van der Waals surface area contributed by atoms with E-state index < -0.39 is 5.97 Å². The third kappa shape index (κ3) is 3.15. The molecule has 0 spiro atoms. The molecular formula is C12H17N3O2. The highest BCUT2D eigenvalue weighted by atomic mass is 16.4. The van der Waals surface area contributed by atoms with Gasteiger partial charge in [-0.15, -0.1) is 10.2 Å². The Morgan fingerprint density at radius 3 is 2.71 bits per heavy atom. The van der Waals surface area contributed by atoms with Crippen LogP contribution in [0.15, 0.2) is 12.1 Å². The maximum absolute atomic E-state index is 10.7. The first-order valence-electron chi connectivity index (χ1n) is 6.02. The highest BCUT2D eigenvalue weighted by molar-refractivity contribution is 5.85. The molecule has 5 heteroatoms. The summed E-state index contributed by atoms with van der Waals surface area (Å²) in [6.45, 7) is 4.07. The summed E-state index contributed by atoms with van der Waals surface area (Å²) in [4.78, 5) is 12.9. The number of anilines is 1. The summed E-state index contributed by atoms with van der Waals surface area (Å²) >= 11 is 0. The SMILES string of the molecule is CCCN(CC1CC1)c1ccc(C(=O)O)nn1. The van der Waals surface area contributed by atoms with Crippen molar-refractivity contribution in [3.8, 4) is 0 Å².